The van der Waals surface area contributed by atoms with Crippen LogP contribution in [0.15, 0.2) is 54.6 Å². The Kier molecular flexibility index (Phi) is 4.76. The van der Waals surface area contributed by atoms with Gasteiger partial charge in [0.15, 0.2) is 0 Å². The summed E-state index contributed by atoms with van der Waals surface area (Å²) in [4.78, 5) is 0. The quantitative estimate of drug-likeness (QED) is 0.603. The second-order valence-corrected chi connectivity index (χ2v) is 4.02. The van der Waals surface area contributed by atoms with Crippen LogP contribution in [0.4, 0.5) is 0 Å². The van der Waals surface area contributed by atoms with Crippen molar-refractivity contribution >= 4 is 0 Å². The molecule has 0 radical (unpaired) electrons. The second-order valence-electron chi connectivity index (χ2n) is 4.02. The number of hydrogen-bond donors (Lipinski definition) is 2. The van der Waals surface area contributed by atoms with Crippen LogP contribution < -0.4 is 15.4 Å². The smallest absolute Gasteiger partial charge is 0.127 e. The van der Waals surface area contributed by atoms with E-state index in [2.05, 4.69) is 22.8 Å². The summed E-state index contributed by atoms with van der Waals surface area (Å²) < 4.78 is 5.73. The van der Waals surface area contributed by atoms with Crippen LogP contribution in [-0.2, 0) is 6.54 Å². The van der Waals surface area contributed by atoms with Crippen LogP contribution in [0, 0.1) is 0 Å². The van der Waals surface area contributed by atoms with Gasteiger partial charge in [-0.2, -0.15) is 0 Å². The first-order valence-corrected chi connectivity index (χ1v) is 6.05. The standard InChI is InChI=1S/C15H18N2O/c1-16-12-17-11-13-7-9-15(10-8-13)18-14-5-3-2-4-6-14/h2-10,16-17H,11-12H2,1H3. The van der Waals surface area contributed by atoms with E-state index in [0.29, 0.717) is 0 Å². The van der Waals surface area contributed by atoms with Gasteiger partial charge in [-0.3, -0.25) is 0 Å². The van der Waals surface area contributed by atoms with Crippen LogP contribution in [0.1, 0.15) is 5.56 Å². The van der Waals surface area contributed by atoms with Gasteiger partial charge in [0.25, 0.3) is 0 Å². The lowest BCUT2D eigenvalue weighted by Gasteiger charge is -2.07. The van der Waals surface area contributed by atoms with Gasteiger partial charge in [-0.15, -0.1) is 0 Å². The fraction of sp³-hybridized carbons (Fsp3) is 0.200. The summed E-state index contributed by atoms with van der Waals surface area (Å²) in [5.74, 6) is 1.72. The number of benzene rings is 2. The van der Waals surface area contributed by atoms with Crippen LogP contribution in [0.3, 0.4) is 0 Å². The van der Waals surface area contributed by atoms with Crippen molar-refractivity contribution in [3.8, 4) is 11.5 Å². The van der Waals surface area contributed by atoms with Crippen molar-refractivity contribution in [3.05, 3.63) is 60.2 Å². The van der Waals surface area contributed by atoms with Crippen LogP contribution in [0.25, 0.3) is 0 Å². The topological polar surface area (TPSA) is 33.3 Å². The van der Waals surface area contributed by atoms with Crippen molar-refractivity contribution in [2.45, 2.75) is 6.54 Å². The Hall–Kier alpha value is -1.84. The highest BCUT2D eigenvalue weighted by atomic mass is 16.5. The van der Waals surface area contributed by atoms with E-state index >= 15 is 0 Å². The molecule has 0 aliphatic heterocycles. The largest absolute Gasteiger partial charge is 0.457 e. The van der Waals surface area contributed by atoms with Gasteiger partial charge in [0.1, 0.15) is 11.5 Å². The van der Waals surface area contributed by atoms with E-state index in [4.69, 9.17) is 4.74 Å². The maximum atomic E-state index is 5.73. The summed E-state index contributed by atoms with van der Waals surface area (Å²) >= 11 is 0. The first-order valence-electron chi connectivity index (χ1n) is 6.05. The predicted molar refractivity (Wildman–Crippen MR) is 73.7 cm³/mol. The first kappa shape index (κ1) is 12.6. The monoisotopic (exact) mass is 242 g/mol. The highest BCUT2D eigenvalue weighted by molar-refractivity contribution is 5.32. The van der Waals surface area contributed by atoms with Gasteiger partial charge < -0.3 is 15.4 Å². The number of hydrogen-bond acceptors (Lipinski definition) is 3. The van der Waals surface area contributed by atoms with Crippen molar-refractivity contribution in [3.63, 3.8) is 0 Å². The third-order valence-electron chi connectivity index (χ3n) is 2.53. The summed E-state index contributed by atoms with van der Waals surface area (Å²) in [6.07, 6.45) is 0. The third-order valence-corrected chi connectivity index (χ3v) is 2.53. The fourth-order valence-electron chi connectivity index (χ4n) is 1.63. The maximum absolute atomic E-state index is 5.73. The molecule has 0 saturated carbocycles. The molecule has 0 heterocycles. The number of nitrogens with one attached hydrogen (secondary N) is 2. The van der Waals surface area contributed by atoms with Crippen LogP contribution in [0.5, 0.6) is 11.5 Å². The summed E-state index contributed by atoms with van der Waals surface area (Å²) in [5, 5.41) is 6.31. The molecule has 0 spiro atoms. The van der Waals surface area contributed by atoms with Crippen molar-refractivity contribution < 1.29 is 4.74 Å². The number of para-hydroxylation sites is 1. The molecule has 94 valence electrons. The van der Waals surface area contributed by atoms with Crippen LogP contribution in [-0.4, -0.2) is 13.7 Å². The molecule has 2 N–H and O–H groups in total. The molecule has 0 aliphatic rings. The summed E-state index contributed by atoms with van der Waals surface area (Å²) in [6.45, 7) is 1.66. The average Bonchev–Trinajstić information content (AvgIpc) is 2.42. The molecule has 0 unspecified atom stereocenters. The third kappa shape index (κ3) is 3.87. The van der Waals surface area contributed by atoms with E-state index in [1.165, 1.54) is 5.56 Å². The van der Waals surface area contributed by atoms with Crippen molar-refractivity contribution in [1.29, 1.82) is 0 Å². The summed E-state index contributed by atoms with van der Waals surface area (Å²) in [6, 6.07) is 17.9. The minimum Gasteiger partial charge on any atom is -0.457 e. The molecule has 0 bridgehead atoms. The molecule has 0 aromatic heterocycles. The Bertz CT molecular complexity index is 454. The van der Waals surface area contributed by atoms with Crippen LogP contribution >= 0.6 is 0 Å². The minimum atomic E-state index is 0.808. The molecular weight excluding hydrogens is 224 g/mol. The Morgan fingerprint density at radius 1 is 0.889 bits per heavy atom. The molecule has 3 nitrogen and oxygen atoms in total. The molecule has 0 aliphatic carbocycles. The number of ether oxygens (including phenoxy) is 1. The zero-order chi connectivity index (χ0) is 12.6. The summed E-state index contributed by atoms with van der Waals surface area (Å²) in [7, 11) is 1.92. The molecule has 0 fully saturated rings. The SMILES string of the molecule is CNCNCc1ccc(Oc2ccccc2)cc1. The lowest BCUT2D eigenvalue weighted by atomic mass is 10.2. The molecule has 0 amide bonds. The van der Waals surface area contributed by atoms with Gasteiger partial charge in [0, 0.05) is 13.2 Å². The highest BCUT2D eigenvalue weighted by Crippen LogP contribution is 2.20. The zero-order valence-electron chi connectivity index (χ0n) is 10.5. The average molecular weight is 242 g/mol. The molecule has 18 heavy (non-hydrogen) atoms. The molecule has 2 aromatic rings. The van der Waals surface area contributed by atoms with E-state index in [1.807, 2.05) is 49.5 Å². The molecule has 2 aromatic carbocycles. The van der Waals surface area contributed by atoms with Gasteiger partial charge in [-0.25, -0.2) is 0 Å². The Labute approximate surface area is 108 Å². The first-order chi connectivity index (χ1) is 8.88. The van der Waals surface area contributed by atoms with E-state index in [9.17, 15) is 0 Å². The maximum Gasteiger partial charge on any atom is 0.127 e. The lowest BCUT2D eigenvalue weighted by molar-refractivity contribution is 0.482. The van der Waals surface area contributed by atoms with Crippen LogP contribution in [0.2, 0.25) is 0 Å². The van der Waals surface area contributed by atoms with Gasteiger partial charge in [0.2, 0.25) is 0 Å². The van der Waals surface area contributed by atoms with Crippen molar-refractivity contribution in [1.82, 2.24) is 10.6 Å². The van der Waals surface area contributed by atoms with E-state index < -0.39 is 0 Å². The molecule has 0 saturated heterocycles. The summed E-state index contributed by atoms with van der Waals surface area (Å²) in [5.41, 5.74) is 1.24. The molecule has 0 atom stereocenters. The molecular formula is C15H18N2O. The van der Waals surface area contributed by atoms with Gasteiger partial charge >= 0.3 is 0 Å². The van der Waals surface area contributed by atoms with E-state index in [-0.39, 0.29) is 0 Å². The molecule has 2 rings (SSSR count). The van der Waals surface area contributed by atoms with Gasteiger partial charge in [0.05, 0.1) is 0 Å². The van der Waals surface area contributed by atoms with E-state index in [0.717, 1.165) is 24.7 Å². The Balaban J connectivity index is 1.91. The van der Waals surface area contributed by atoms with E-state index in [1.54, 1.807) is 0 Å². The number of rotatable bonds is 6. The fourth-order valence-corrected chi connectivity index (χ4v) is 1.63. The second kappa shape index (κ2) is 6.79. The highest BCUT2D eigenvalue weighted by Gasteiger charge is 1.97. The normalized spacial score (nSPS) is 10.3. The minimum absolute atomic E-state index is 0.808. The zero-order valence-corrected chi connectivity index (χ0v) is 10.5. The molecule has 3 heteroatoms. The van der Waals surface area contributed by atoms with Crippen molar-refractivity contribution in [2.75, 3.05) is 13.7 Å². The van der Waals surface area contributed by atoms with Gasteiger partial charge in [-0.1, -0.05) is 30.3 Å². The van der Waals surface area contributed by atoms with Crippen molar-refractivity contribution in [2.24, 2.45) is 0 Å². The van der Waals surface area contributed by atoms with Gasteiger partial charge in [-0.05, 0) is 36.9 Å². The lowest BCUT2D eigenvalue weighted by Crippen LogP contribution is -2.25. The predicted octanol–water partition coefficient (Wildman–Crippen LogP) is 2.75. The Morgan fingerprint density at radius 2 is 1.56 bits per heavy atom. The Morgan fingerprint density at radius 3 is 2.22 bits per heavy atom.